The Labute approximate surface area is 78.5 Å². The highest BCUT2D eigenvalue weighted by atomic mass is 16.7. The maximum Gasteiger partial charge on any atom is 0.251 e. The molecule has 2 rings (SSSR count). The molecule has 69 valence electrons. The highest BCUT2D eigenvalue weighted by Gasteiger charge is 2.37. The number of para-hydroxylation sites is 1. The Kier molecular flexibility index (Phi) is 1.91. The third kappa shape index (κ3) is 1.26. The van der Waals surface area contributed by atoms with E-state index in [-0.39, 0.29) is 0 Å². The normalized spacial score (nSPS) is 17.4. The first-order valence-electron chi connectivity index (χ1n) is 4.68. The summed E-state index contributed by atoms with van der Waals surface area (Å²) in [6.07, 6.45) is 1.71. The van der Waals surface area contributed by atoms with Crippen molar-refractivity contribution in [3.8, 4) is 11.5 Å². The third-order valence-corrected chi connectivity index (χ3v) is 2.44. The van der Waals surface area contributed by atoms with Crippen LogP contribution >= 0.6 is 0 Å². The lowest BCUT2D eigenvalue weighted by Crippen LogP contribution is -2.36. The minimum Gasteiger partial charge on any atom is -0.448 e. The summed E-state index contributed by atoms with van der Waals surface area (Å²) in [5.41, 5.74) is 0. The highest BCUT2D eigenvalue weighted by molar-refractivity contribution is 5.41. The van der Waals surface area contributed by atoms with E-state index in [1.54, 1.807) is 0 Å². The molecule has 0 saturated carbocycles. The van der Waals surface area contributed by atoms with Gasteiger partial charge >= 0.3 is 0 Å². The number of rotatable bonds is 2. The lowest BCUT2D eigenvalue weighted by Gasteiger charge is -2.24. The molecule has 2 heteroatoms. The fraction of sp³-hybridized carbons (Fsp3) is 0.455. The van der Waals surface area contributed by atoms with Gasteiger partial charge in [-0.15, -0.1) is 0 Å². The molecule has 1 aromatic carbocycles. The Morgan fingerprint density at radius 3 is 2.69 bits per heavy atom. The average Bonchev–Trinajstić information content (AvgIpc) is 2.57. The van der Waals surface area contributed by atoms with Crippen LogP contribution in [-0.4, -0.2) is 5.79 Å². The minimum absolute atomic E-state index is 0.444. The van der Waals surface area contributed by atoms with Crippen molar-refractivity contribution in [1.29, 1.82) is 0 Å². The number of hydrogen-bond acceptors (Lipinski definition) is 2. The first-order valence-corrected chi connectivity index (χ1v) is 4.68. The van der Waals surface area contributed by atoms with Crippen LogP contribution in [-0.2, 0) is 0 Å². The average molecular weight is 177 g/mol. The van der Waals surface area contributed by atoms with E-state index < -0.39 is 5.79 Å². The Bertz CT molecular complexity index is 276. The van der Waals surface area contributed by atoms with E-state index in [0.717, 1.165) is 24.3 Å². The predicted molar refractivity (Wildman–Crippen MR) is 49.8 cm³/mol. The van der Waals surface area contributed by atoms with Crippen molar-refractivity contribution in [3.63, 3.8) is 0 Å². The summed E-state index contributed by atoms with van der Waals surface area (Å²) in [6, 6.07) is 8.68. The molecular weight excluding hydrogens is 164 g/mol. The van der Waals surface area contributed by atoms with Crippen molar-refractivity contribution in [2.24, 2.45) is 0 Å². The van der Waals surface area contributed by atoms with E-state index >= 15 is 0 Å². The SMILES string of the molecule is CCC1(CC)Oc2[c]cccc2O1. The van der Waals surface area contributed by atoms with Crippen LogP contribution in [0.3, 0.4) is 0 Å². The first-order chi connectivity index (χ1) is 6.29. The smallest absolute Gasteiger partial charge is 0.251 e. The Balaban J connectivity index is 2.30. The quantitative estimate of drug-likeness (QED) is 0.691. The van der Waals surface area contributed by atoms with E-state index in [4.69, 9.17) is 9.47 Å². The molecule has 0 spiro atoms. The molecule has 1 aromatic rings. The fourth-order valence-electron chi connectivity index (χ4n) is 1.51. The molecule has 0 bridgehead atoms. The van der Waals surface area contributed by atoms with Crippen molar-refractivity contribution in [1.82, 2.24) is 0 Å². The van der Waals surface area contributed by atoms with Gasteiger partial charge in [0.05, 0.1) is 0 Å². The van der Waals surface area contributed by atoms with Crippen LogP contribution in [0.4, 0.5) is 0 Å². The van der Waals surface area contributed by atoms with Gasteiger partial charge in [-0.1, -0.05) is 26.0 Å². The second-order valence-corrected chi connectivity index (χ2v) is 3.19. The van der Waals surface area contributed by atoms with Gasteiger partial charge in [0.1, 0.15) is 0 Å². The molecule has 0 saturated heterocycles. The van der Waals surface area contributed by atoms with Gasteiger partial charge in [-0.2, -0.15) is 0 Å². The lowest BCUT2D eigenvalue weighted by atomic mass is 10.1. The van der Waals surface area contributed by atoms with Gasteiger partial charge in [-0.3, -0.25) is 0 Å². The topological polar surface area (TPSA) is 18.5 Å². The van der Waals surface area contributed by atoms with Crippen molar-refractivity contribution in [2.45, 2.75) is 32.5 Å². The molecule has 0 unspecified atom stereocenters. The zero-order valence-corrected chi connectivity index (χ0v) is 7.96. The van der Waals surface area contributed by atoms with Gasteiger partial charge in [-0.25, -0.2) is 0 Å². The standard InChI is InChI=1S/C11H13O2/c1-3-11(4-2)12-9-7-5-6-8-10(9)13-11/h5-7H,3-4H2,1-2H3. The Hall–Kier alpha value is -1.18. The fourth-order valence-corrected chi connectivity index (χ4v) is 1.51. The van der Waals surface area contributed by atoms with Crippen LogP contribution in [0.2, 0.25) is 0 Å². The summed E-state index contributed by atoms with van der Waals surface area (Å²) in [6.45, 7) is 4.13. The Morgan fingerprint density at radius 2 is 2.08 bits per heavy atom. The van der Waals surface area contributed by atoms with Gasteiger partial charge in [0.15, 0.2) is 11.5 Å². The lowest BCUT2D eigenvalue weighted by molar-refractivity contribution is -0.0844. The molecular formula is C11H13O2. The molecule has 0 atom stereocenters. The zero-order chi connectivity index (χ0) is 9.31. The first kappa shape index (κ1) is 8.42. The molecule has 0 fully saturated rings. The van der Waals surface area contributed by atoms with Crippen LogP contribution in [0.15, 0.2) is 18.2 Å². The van der Waals surface area contributed by atoms with E-state index in [1.165, 1.54) is 0 Å². The van der Waals surface area contributed by atoms with E-state index in [0.29, 0.717) is 0 Å². The molecule has 2 nitrogen and oxygen atoms in total. The molecule has 1 aliphatic rings. The summed E-state index contributed by atoms with van der Waals surface area (Å²) in [4.78, 5) is 0. The van der Waals surface area contributed by atoms with Gasteiger partial charge in [0.25, 0.3) is 5.79 Å². The maximum absolute atomic E-state index is 5.74. The largest absolute Gasteiger partial charge is 0.448 e. The second kappa shape index (κ2) is 2.95. The summed E-state index contributed by atoms with van der Waals surface area (Å²) < 4.78 is 11.5. The van der Waals surface area contributed by atoms with Crippen LogP contribution in [0.25, 0.3) is 0 Å². The molecule has 1 aliphatic heterocycles. The highest BCUT2D eigenvalue weighted by Crippen LogP contribution is 2.41. The van der Waals surface area contributed by atoms with Crippen molar-refractivity contribution in [3.05, 3.63) is 24.3 Å². The van der Waals surface area contributed by atoms with Gasteiger partial charge in [0, 0.05) is 18.9 Å². The zero-order valence-electron chi connectivity index (χ0n) is 7.96. The molecule has 0 N–H and O–H groups in total. The van der Waals surface area contributed by atoms with Crippen LogP contribution in [0.5, 0.6) is 11.5 Å². The second-order valence-electron chi connectivity index (χ2n) is 3.19. The molecule has 13 heavy (non-hydrogen) atoms. The monoisotopic (exact) mass is 177 g/mol. The summed E-state index contributed by atoms with van der Waals surface area (Å²) in [7, 11) is 0. The van der Waals surface area contributed by atoms with Gasteiger partial charge in [-0.05, 0) is 6.07 Å². The predicted octanol–water partition coefficient (Wildman–Crippen LogP) is 2.77. The Morgan fingerprint density at radius 1 is 1.31 bits per heavy atom. The van der Waals surface area contributed by atoms with E-state index in [1.807, 2.05) is 18.2 Å². The number of hydrogen-bond donors (Lipinski definition) is 0. The molecule has 1 heterocycles. The van der Waals surface area contributed by atoms with Crippen LogP contribution in [0, 0.1) is 6.07 Å². The van der Waals surface area contributed by atoms with Gasteiger partial charge in [0.2, 0.25) is 0 Å². The summed E-state index contributed by atoms with van der Waals surface area (Å²) in [5, 5.41) is 0. The van der Waals surface area contributed by atoms with Crippen molar-refractivity contribution >= 4 is 0 Å². The number of benzene rings is 1. The molecule has 1 radical (unpaired) electrons. The van der Waals surface area contributed by atoms with Crippen LogP contribution in [0.1, 0.15) is 26.7 Å². The molecule has 0 amide bonds. The maximum atomic E-state index is 5.74. The van der Waals surface area contributed by atoms with Gasteiger partial charge < -0.3 is 9.47 Å². The summed E-state index contributed by atoms with van der Waals surface area (Å²) in [5.74, 6) is 1.11. The molecule has 0 aliphatic carbocycles. The third-order valence-electron chi connectivity index (χ3n) is 2.44. The van der Waals surface area contributed by atoms with E-state index in [2.05, 4.69) is 19.9 Å². The number of fused-ring (bicyclic) bond motifs is 1. The summed E-state index contributed by atoms with van der Waals surface area (Å²) >= 11 is 0. The molecule has 0 aromatic heterocycles. The van der Waals surface area contributed by atoms with Crippen molar-refractivity contribution in [2.75, 3.05) is 0 Å². The van der Waals surface area contributed by atoms with Crippen LogP contribution < -0.4 is 9.47 Å². The van der Waals surface area contributed by atoms with E-state index in [9.17, 15) is 0 Å². The van der Waals surface area contributed by atoms with Crippen molar-refractivity contribution < 1.29 is 9.47 Å². The number of ether oxygens (including phenoxy) is 2. The minimum atomic E-state index is -0.444.